The van der Waals surface area contributed by atoms with Crippen molar-refractivity contribution in [2.45, 2.75) is 12.3 Å². The second-order valence-electron chi connectivity index (χ2n) is 5.52. The first-order chi connectivity index (χ1) is 11.8. The Labute approximate surface area is 145 Å². The van der Waals surface area contributed by atoms with Gasteiger partial charge in [-0.2, -0.15) is 18.3 Å². The number of nitrogens with zero attached hydrogens (tertiary/aromatic N) is 2. The molecular formula is C15H14ClF3N4O2. The Morgan fingerprint density at radius 1 is 1.32 bits per heavy atom. The highest BCUT2D eigenvalue weighted by molar-refractivity contribution is 6.34. The quantitative estimate of drug-likeness (QED) is 0.863. The van der Waals surface area contributed by atoms with Crippen molar-refractivity contribution in [3.8, 4) is 5.75 Å². The number of aromatic amines is 1. The molecule has 0 spiro atoms. The fourth-order valence-electron chi connectivity index (χ4n) is 2.22. The fourth-order valence-corrected chi connectivity index (χ4v) is 2.49. The third-order valence-corrected chi connectivity index (χ3v) is 4.14. The number of aromatic nitrogens is 2. The molecule has 1 aromatic carbocycles. The number of alkyl halides is 3. The Morgan fingerprint density at radius 2 is 1.96 bits per heavy atom. The summed E-state index contributed by atoms with van der Waals surface area (Å²) in [6.45, 7) is 1.55. The normalized spacial score (nSPS) is 14.9. The lowest BCUT2D eigenvalue weighted by Crippen LogP contribution is -2.50. The zero-order chi connectivity index (χ0) is 18.2. The number of rotatable bonds is 4. The fraction of sp³-hybridized carbons (Fsp3) is 0.333. The smallest absolute Gasteiger partial charge is 0.434 e. The van der Waals surface area contributed by atoms with E-state index in [1.165, 1.54) is 7.05 Å². The lowest BCUT2D eigenvalue weighted by atomic mass is 10.2. The molecule has 1 aliphatic rings. The molecule has 1 amide bonds. The number of anilines is 1. The van der Waals surface area contributed by atoms with Gasteiger partial charge in [-0.05, 0) is 24.3 Å². The highest BCUT2D eigenvalue weighted by Gasteiger charge is 2.38. The van der Waals surface area contributed by atoms with Gasteiger partial charge in [-0.25, -0.2) is 0 Å². The van der Waals surface area contributed by atoms with Gasteiger partial charge in [0.25, 0.3) is 5.91 Å². The Morgan fingerprint density at radius 3 is 2.44 bits per heavy atom. The maximum absolute atomic E-state index is 12.7. The molecule has 1 fully saturated rings. The summed E-state index contributed by atoms with van der Waals surface area (Å²) in [5.74, 6) is -0.109. The highest BCUT2D eigenvalue weighted by Crippen LogP contribution is 2.35. The van der Waals surface area contributed by atoms with E-state index in [2.05, 4.69) is 10.4 Å². The molecule has 2 aromatic rings. The second kappa shape index (κ2) is 6.57. The van der Waals surface area contributed by atoms with E-state index in [1.807, 2.05) is 0 Å². The highest BCUT2D eigenvalue weighted by atomic mass is 35.5. The van der Waals surface area contributed by atoms with Crippen LogP contribution in [0.15, 0.2) is 24.3 Å². The number of hydrogen-bond acceptors (Lipinski definition) is 4. The molecule has 25 heavy (non-hydrogen) atoms. The number of hydrogen-bond donors (Lipinski definition) is 2. The number of carbonyl (C=O) groups excluding carboxylic acids is 1. The standard InChI is InChI=1S/C15H14ClF3N4O2/c1-23(8-2-4-9(5-3-8)25-10-6-20-7-10)14(24)12-11(16)13(22-21-12)15(17,18)19/h2-5,10,20H,6-7H2,1H3,(H,21,22). The summed E-state index contributed by atoms with van der Waals surface area (Å²) >= 11 is 5.65. The van der Waals surface area contributed by atoms with Crippen LogP contribution in [0.3, 0.4) is 0 Å². The molecule has 0 atom stereocenters. The first-order valence-corrected chi connectivity index (χ1v) is 7.71. The number of benzene rings is 1. The van der Waals surface area contributed by atoms with Crippen molar-refractivity contribution in [3.63, 3.8) is 0 Å². The number of nitrogens with one attached hydrogen (secondary N) is 2. The summed E-state index contributed by atoms with van der Waals surface area (Å²) < 4.78 is 43.9. The van der Waals surface area contributed by atoms with E-state index in [-0.39, 0.29) is 6.10 Å². The summed E-state index contributed by atoms with van der Waals surface area (Å²) in [6, 6.07) is 6.63. The van der Waals surface area contributed by atoms with E-state index in [0.29, 0.717) is 11.4 Å². The Hall–Kier alpha value is -2.26. The van der Waals surface area contributed by atoms with Gasteiger partial charge in [-0.1, -0.05) is 11.6 Å². The van der Waals surface area contributed by atoms with Crippen molar-refractivity contribution in [1.29, 1.82) is 0 Å². The zero-order valence-corrected chi connectivity index (χ0v) is 13.8. The summed E-state index contributed by atoms with van der Waals surface area (Å²) in [7, 11) is 1.42. The van der Waals surface area contributed by atoms with Gasteiger partial charge in [0.15, 0.2) is 11.4 Å². The molecule has 1 saturated heterocycles. The lowest BCUT2D eigenvalue weighted by Gasteiger charge is -2.28. The van der Waals surface area contributed by atoms with Crippen LogP contribution in [0.25, 0.3) is 0 Å². The molecule has 134 valence electrons. The molecule has 0 bridgehead atoms. The maximum Gasteiger partial charge on any atom is 0.434 e. The summed E-state index contributed by atoms with van der Waals surface area (Å²) in [4.78, 5) is 13.5. The molecule has 0 unspecified atom stereocenters. The minimum atomic E-state index is -4.71. The zero-order valence-electron chi connectivity index (χ0n) is 13.0. The average Bonchev–Trinajstić information content (AvgIpc) is 2.92. The Balaban J connectivity index is 1.75. The first kappa shape index (κ1) is 17.6. The van der Waals surface area contributed by atoms with E-state index in [1.54, 1.807) is 29.4 Å². The van der Waals surface area contributed by atoms with Crippen LogP contribution in [0, 0.1) is 0 Å². The van der Waals surface area contributed by atoms with Gasteiger partial charge in [-0.15, -0.1) is 0 Å². The van der Waals surface area contributed by atoms with E-state index < -0.39 is 28.5 Å². The van der Waals surface area contributed by atoms with Gasteiger partial charge in [-0.3, -0.25) is 9.89 Å². The van der Waals surface area contributed by atoms with Crippen molar-refractivity contribution >= 4 is 23.2 Å². The molecule has 0 saturated carbocycles. The van der Waals surface area contributed by atoms with Crippen LogP contribution < -0.4 is 15.0 Å². The van der Waals surface area contributed by atoms with Crippen LogP contribution in [0.1, 0.15) is 16.2 Å². The van der Waals surface area contributed by atoms with Crippen LogP contribution >= 0.6 is 11.6 Å². The molecule has 6 nitrogen and oxygen atoms in total. The van der Waals surface area contributed by atoms with Crippen molar-refractivity contribution in [1.82, 2.24) is 15.5 Å². The number of carbonyl (C=O) groups is 1. The van der Waals surface area contributed by atoms with Crippen LogP contribution in [0.4, 0.5) is 18.9 Å². The van der Waals surface area contributed by atoms with Crippen molar-refractivity contribution in [2.75, 3.05) is 25.0 Å². The van der Waals surface area contributed by atoms with Crippen LogP contribution in [0.2, 0.25) is 5.02 Å². The molecule has 0 aliphatic carbocycles. The van der Waals surface area contributed by atoms with Crippen molar-refractivity contribution < 1.29 is 22.7 Å². The summed E-state index contributed by atoms with van der Waals surface area (Å²) in [5.41, 5.74) is -1.27. The number of H-pyrrole nitrogens is 1. The minimum absolute atomic E-state index is 0.119. The predicted molar refractivity (Wildman–Crippen MR) is 85.1 cm³/mol. The molecule has 10 heteroatoms. The maximum atomic E-state index is 12.7. The summed E-state index contributed by atoms with van der Waals surface area (Å²) in [5, 5.41) is 7.50. The van der Waals surface area contributed by atoms with Crippen molar-refractivity contribution in [3.05, 3.63) is 40.7 Å². The molecule has 1 aliphatic heterocycles. The number of ether oxygens (including phenoxy) is 1. The SMILES string of the molecule is CN(C(=O)c1n[nH]c(C(F)(F)F)c1Cl)c1ccc(OC2CNC2)cc1. The lowest BCUT2D eigenvalue weighted by molar-refractivity contribution is -0.141. The second-order valence-corrected chi connectivity index (χ2v) is 5.89. The van der Waals surface area contributed by atoms with Gasteiger partial charge in [0.05, 0.1) is 0 Å². The third kappa shape index (κ3) is 3.57. The topological polar surface area (TPSA) is 70.2 Å². The molecule has 0 radical (unpaired) electrons. The van der Waals surface area contributed by atoms with Crippen LogP contribution in [0.5, 0.6) is 5.75 Å². The van der Waals surface area contributed by atoms with Crippen molar-refractivity contribution in [2.24, 2.45) is 0 Å². The minimum Gasteiger partial charge on any atom is -0.488 e. The van der Waals surface area contributed by atoms with E-state index >= 15 is 0 Å². The monoisotopic (exact) mass is 374 g/mol. The first-order valence-electron chi connectivity index (χ1n) is 7.34. The molecule has 1 aromatic heterocycles. The van der Waals surface area contributed by atoms with E-state index in [9.17, 15) is 18.0 Å². The molecule has 2 N–H and O–H groups in total. The number of amides is 1. The Bertz CT molecular complexity index is 772. The molecule has 3 rings (SSSR count). The van der Waals surface area contributed by atoms with Gasteiger partial charge in [0.1, 0.15) is 16.9 Å². The van der Waals surface area contributed by atoms with Gasteiger partial charge in [0.2, 0.25) is 0 Å². The van der Waals surface area contributed by atoms with E-state index in [4.69, 9.17) is 16.3 Å². The predicted octanol–water partition coefficient (Wildman–Crippen LogP) is 2.71. The Kier molecular flexibility index (Phi) is 4.61. The van der Waals surface area contributed by atoms with Gasteiger partial charge in [0, 0.05) is 25.8 Å². The molecule has 2 heterocycles. The van der Waals surface area contributed by atoms with Gasteiger partial charge >= 0.3 is 6.18 Å². The third-order valence-electron chi connectivity index (χ3n) is 3.77. The average molecular weight is 375 g/mol. The van der Waals surface area contributed by atoms with Crippen LogP contribution in [-0.2, 0) is 6.18 Å². The number of halogens is 4. The van der Waals surface area contributed by atoms with Crippen LogP contribution in [-0.4, -0.2) is 42.3 Å². The van der Waals surface area contributed by atoms with Gasteiger partial charge < -0.3 is 15.0 Å². The molecular weight excluding hydrogens is 361 g/mol. The largest absolute Gasteiger partial charge is 0.488 e. The summed E-state index contributed by atoms with van der Waals surface area (Å²) in [6.07, 6.45) is -4.59. The van der Waals surface area contributed by atoms with E-state index in [0.717, 1.165) is 18.0 Å².